The number of hydrogen-bond acceptors (Lipinski definition) is 4. The van der Waals surface area contributed by atoms with Gasteiger partial charge >= 0.3 is 0 Å². The number of rotatable bonds is 6. The van der Waals surface area contributed by atoms with Gasteiger partial charge in [-0.3, -0.25) is 4.79 Å². The van der Waals surface area contributed by atoms with Gasteiger partial charge in [0.15, 0.2) is 17.3 Å². The zero-order valence-electron chi connectivity index (χ0n) is 15.6. The van der Waals surface area contributed by atoms with E-state index in [2.05, 4.69) is 0 Å². The fourth-order valence-electron chi connectivity index (χ4n) is 2.35. The van der Waals surface area contributed by atoms with Gasteiger partial charge in [0.25, 0.3) is 0 Å². The van der Waals surface area contributed by atoms with Crippen molar-refractivity contribution in [2.45, 2.75) is 27.4 Å². The Morgan fingerprint density at radius 2 is 1.81 bits per heavy atom. The molecule has 0 spiro atoms. The van der Waals surface area contributed by atoms with E-state index in [0.29, 0.717) is 23.7 Å². The first-order valence-electron chi connectivity index (χ1n) is 8.36. The SMILES string of the molecule is COc1cc(C=C(C#N)C(=O)C(C)(C)C)ccc1OCc1ccccc1. The molecule has 0 aromatic heterocycles. The summed E-state index contributed by atoms with van der Waals surface area (Å²) in [5.74, 6) is 0.965. The van der Waals surface area contributed by atoms with Gasteiger partial charge in [-0.15, -0.1) is 0 Å². The van der Waals surface area contributed by atoms with Crippen molar-refractivity contribution in [1.29, 1.82) is 5.26 Å². The Hall–Kier alpha value is -3.06. The normalized spacial score (nSPS) is 11.6. The zero-order chi connectivity index (χ0) is 19.2. The number of hydrogen-bond donors (Lipinski definition) is 0. The van der Waals surface area contributed by atoms with Gasteiger partial charge in [-0.05, 0) is 29.3 Å². The van der Waals surface area contributed by atoms with Gasteiger partial charge < -0.3 is 9.47 Å². The summed E-state index contributed by atoms with van der Waals surface area (Å²) < 4.78 is 11.2. The van der Waals surface area contributed by atoms with Crippen LogP contribution in [-0.4, -0.2) is 12.9 Å². The van der Waals surface area contributed by atoms with E-state index in [1.165, 1.54) is 0 Å². The molecular weight excluding hydrogens is 326 g/mol. The lowest BCUT2D eigenvalue weighted by Crippen LogP contribution is -2.21. The molecule has 0 saturated carbocycles. The number of Topliss-reactive ketones (excluding diaryl/α,β-unsaturated/α-hetero) is 1. The molecule has 0 saturated heterocycles. The van der Waals surface area contributed by atoms with Crippen LogP contribution >= 0.6 is 0 Å². The highest BCUT2D eigenvalue weighted by Crippen LogP contribution is 2.30. The van der Waals surface area contributed by atoms with Gasteiger partial charge in [0.1, 0.15) is 12.7 Å². The van der Waals surface area contributed by atoms with Crippen molar-refractivity contribution in [3.05, 3.63) is 65.2 Å². The molecule has 0 bridgehead atoms. The summed E-state index contributed by atoms with van der Waals surface area (Å²) in [7, 11) is 1.56. The molecule has 0 amide bonds. The highest BCUT2D eigenvalue weighted by molar-refractivity contribution is 6.06. The molecule has 2 rings (SSSR count). The van der Waals surface area contributed by atoms with E-state index in [4.69, 9.17) is 9.47 Å². The van der Waals surface area contributed by atoms with Gasteiger partial charge in [-0.1, -0.05) is 57.2 Å². The van der Waals surface area contributed by atoms with Crippen LogP contribution in [0.15, 0.2) is 54.1 Å². The minimum Gasteiger partial charge on any atom is -0.493 e. The largest absolute Gasteiger partial charge is 0.493 e. The lowest BCUT2D eigenvalue weighted by Gasteiger charge is -2.15. The van der Waals surface area contributed by atoms with Gasteiger partial charge in [-0.2, -0.15) is 5.26 Å². The highest BCUT2D eigenvalue weighted by Gasteiger charge is 2.25. The average Bonchev–Trinajstić information content (AvgIpc) is 2.64. The number of nitrogens with zero attached hydrogens (tertiary/aromatic N) is 1. The highest BCUT2D eigenvalue weighted by atomic mass is 16.5. The van der Waals surface area contributed by atoms with E-state index in [-0.39, 0.29) is 11.4 Å². The third-order valence-corrected chi connectivity index (χ3v) is 3.78. The fourth-order valence-corrected chi connectivity index (χ4v) is 2.35. The number of benzene rings is 2. The topological polar surface area (TPSA) is 59.3 Å². The molecule has 0 heterocycles. The van der Waals surface area contributed by atoms with E-state index in [0.717, 1.165) is 5.56 Å². The number of allylic oxidation sites excluding steroid dienone is 1. The molecule has 0 aliphatic rings. The molecular formula is C22H23NO3. The third-order valence-electron chi connectivity index (χ3n) is 3.78. The van der Waals surface area contributed by atoms with Crippen molar-refractivity contribution in [2.75, 3.05) is 7.11 Å². The molecule has 0 N–H and O–H groups in total. The van der Waals surface area contributed by atoms with Crippen molar-refractivity contribution < 1.29 is 14.3 Å². The second kappa shape index (κ2) is 8.35. The number of methoxy groups -OCH3 is 1. The molecule has 0 radical (unpaired) electrons. The van der Waals surface area contributed by atoms with Crippen LogP contribution in [0.4, 0.5) is 0 Å². The van der Waals surface area contributed by atoms with Crippen molar-refractivity contribution in [1.82, 2.24) is 0 Å². The second-order valence-corrected chi connectivity index (χ2v) is 6.93. The number of carbonyl (C=O) groups excluding carboxylic acids is 1. The van der Waals surface area contributed by atoms with Crippen LogP contribution in [0, 0.1) is 16.7 Å². The quantitative estimate of drug-likeness (QED) is 0.555. The third kappa shape index (κ3) is 4.97. The first-order valence-corrected chi connectivity index (χ1v) is 8.36. The Morgan fingerprint density at radius 3 is 2.38 bits per heavy atom. The van der Waals surface area contributed by atoms with Crippen LogP contribution in [0.2, 0.25) is 0 Å². The lowest BCUT2D eigenvalue weighted by molar-refractivity contribution is -0.121. The van der Waals surface area contributed by atoms with Crippen LogP contribution in [0.1, 0.15) is 31.9 Å². The fraction of sp³-hybridized carbons (Fsp3) is 0.273. The Morgan fingerprint density at radius 1 is 1.12 bits per heavy atom. The Labute approximate surface area is 154 Å². The summed E-state index contributed by atoms with van der Waals surface area (Å²) in [6.45, 7) is 5.81. The number of ketones is 1. The Kier molecular flexibility index (Phi) is 6.19. The molecule has 0 unspecified atom stereocenters. The minimum atomic E-state index is -0.607. The molecule has 0 aliphatic carbocycles. The van der Waals surface area contributed by atoms with Crippen LogP contribution in [-0.2, 0) is 11.4 Å². The van der Waals surface area contributed by atoms with Crippen LogP contribution in [0.3, 0.4) is 0 Å². The molecule has 4 heteroatoms. The van der Waals surface area contributed by atoms with Crippen LogP contribution in [0.25, 0.3) is 6.08 Å². The molecule has 2 aromatic rings. The Balaban J connectivity index is 2.23. The monoisotopic (exact) mass is 349 g/mol. The Bertz CT molecular complexity index is 840. The summed E-state index contributed by atoms with van der Waals surface area (Å²) in [5, 5.41) is 9.32. The molecule has 0 aliphatic heterocycles. The summed E-state index contributed by atoms with van der Waals surface area (Å²) in [6.07, 6.45) is 1.58. The van der Waals surface area contributed by atoms with Crippen LogP contribution in [0.5, 0.6) is 11.5 Å². The van der Waals surface area contributed by atoms with Gasteiger partial charge in [-0.25, -0.2) is 0 Å². The molecule has 26 heavy (non-hydrogen) atoms. The second-order valence-electron chi connectivity index (χ2n) is 6.93. The summed E-state index contributed by atoms with van der Waals surface area (Å²) in [4.78, 5) is 12.3. The van der Waals surface area contributed by atoms with E-state index in [1.807, 2.05) is 36.4 Å². The lowest BCUT2D eigenvalue weighted by atomic mass is 9.86. The van der Waals surface area contributed by atoms with E-state index in [9.17, 15) is 10.1 Å². The van der Waals surface area contributed by atoms with Gasteiger partial charge in [0.05, 0.1) is 12.7 Å². The summed E-state index contributed by atoms with van der Waals surface area (Å²) in [5.41, 5.74) is 1.28. The van der Waals surface area contributed by atoms with E-state index >= 15 is 0 Å². The summed E-state index contributed by atoms with van der Waals surface area (Å²) in [6, 6.07) is 17.2. The van der Waals surface area contributed by atoms with E-state index < -0.39 is 5.41 Å². The van der Waals surface area contributed by atoms with Crippen molar-refractivity contribution in [2.24, 2.45) is 5.41 Å². The maximum Gasteiger partial charge on any atom is 0.178 e. The molecule has 134 valence electrons. The van der Waals surface area contributed by atoms with E-state index in [1.54, 1.807) is 52.2 Å². The predicted molar refractivity (Wildman–Crippen MR) is 102 cm³/mol. The molecule has 2 aromatic carbocycles. The van der Waals surface area contributed by atoms with Gasteiger partial charge in [0.2, 0.25) is 0 Å². The smallest absolute Gasteiger partial charge is 0.178 e. The first kappa shape index (κ1) is 19.3. The first-order chi connectivity index (χ1) is 12.3. The van der Waals surface area contributed by atoms with Crippen molar-refractivity contribution in [3.8, 4) is 17.6 Å². The minimum absolute atomic E-state index is 0.123. The zero-order valence-corrected chi connectivity index (χ0v) is 15.6. The molecule has 0 atom stereocenters. The number of nitriles is 1. The number of ether oxygens (including phenoxy) is 2. The van der Waals surface area contributed by atoms with Crippen LogP contribution < -0.4 is 9.47 Å². The molecule has 4 nitrogen and oxygen atoms in total. The molecule has 0 fully saturated rings. The average molecular weight is 349 g/mol. The standard InChI is InChI=1S/C22H23NO3/c1-22(2,3)21(24)18(14-23)12-17-10-11-19(20(13-17)25-4)26-15-16-8-6-5-7-9-16/h5-13H,15H2,1-4H3. The van der Waals surface area contributed by atoms with Gasteiger partial charge in [0, 0.05) is 5.41 Å². The van der Waals surface area contributed by atoms with Crippen molar-refractivity contribution in [3.63, 3.8) is 0 Å². The predicted octanol–water partition coefficient (Wildman–Crippen LogP) is 4.80. The number of carbonyl (C=O) groups is 1. The summed E-state index contributed by atoms with van der Waals surface area (Å²) >= 11 is 0. The maximum absolute atomic E-state index is 12.3. The van der Waals surface area contributed by atoms with Crippen molar-refractivity contribution >= 4 is 11.9 Å². The maximum atomic E-state index is 12.3.